The van der Waals surface area contributed by atoms with Crippen LogP contribution in [0, 0.1) is 12.8 Å². The first-order chi connectivity index (χ1) is 15.8. The Bertz CT molecular complexity index is 1310. The average molecular weight is 467 g/mol. The van der Waals surface area contributed by atoms with Crippen LogP contribution in [0.25, 0.3) is 22.0 Å². The molecule has 0 bridgehead atoms. The van der Waals surface area contributed by atoms with Gasteiger partial charge in [0.2, 0.25) is 5.91 Å². The van der Waals surface area contributed by atoms with E-state index in [9.17, 15) is 14.4 Å². The third-order valence-electron chi connectivity index (χ3n) is 6.24. The number of aromatic amines is 1. The van der Waals surface area contributed by atoms with E-state index >= 15 is 0 Å². The number of piperidine rings is 1. The molecule has 1 saturated heterocycles. The second kappa shape index (κ2) is 9.27. The number of nitrogens with one attached hydrogen (secondary N) is 1. The minimum Gasteiger partial charge on any atom is -0.369 e. The first-order valence-corrected chi connectivity index (χ1v) is 11.4. The van der Waals surface area contributed by atoms with E-state index in [4.69, 9.17) is 17.3 Å². The first kappa shape index (κ1) is 22.9. The van der Waals surface area contributed by atoms with Gasteiger partial charge in [-0.1, -0.05) is 29.8 Å². The topological polar surface area (TPSA) is 101 Å². The number of benzene rings is 1. The molecule has 4 rings (SSSR count). The average Bonchev–Trinajstić information content (AvgIpc) is 3.20. The van der Waals surface area contributed by atoms with Gasteiger partial charge in [0.05, 0.1) is 10.6 Å². The van der Waals surface area contributed by atoms with Crippen LogP contribution in [0.5, 0.6) is 0 Å². The lowest BCUT2D eigenvalue weighted by molar-refractivity contribution is -0.123. The van der Waals surface area contributed by atoms with Crippen LogP contribution in [0.15, 0.2) is 47.4 Å². The Kier molecular flexibility index (Phi) is 6.42. The maximum Gasteiger partial charge on any atom is 0.275 e. The molecule has 7 nitrogen and oxygen atoms in total. The number of aromatic nitrogens is 2. The smallest absolute Gasteiger partial charge is 0.275 e. The first-order valence-electron chi connectivity index (χ1n) is 11.0. The Labute approximate surface area is 196 Å². The molecule has 1 fully saturated rings. The van der Waals surface area contributed by atoms with Crippen molar-refractivity contribution < 1.29 is 9.59 Å². The van der Waals surface area contributed by atoms with E-state index in [0.717, 1.165) is 22.2 Å². The quantitative estimate of drug-likeness (QED) is 0.558. The van der Waals surface area contributed by atoms with Crippen molar-refractivity contribution in [2.75, 3.05) is 13.1 Å². The number of allylic oxidation sites excluding steroid dienone is 2. The van der Waals surface area contributed by atoms with Gasteiger partial charge in [0.15, 0.2) is 0 Å². The molecule has 0 spiro atoms. The molecule has 172 valence electrons. The fourth-order valence-corrected chi connectivity index (χ4v) is 4.64. The fourth-order valence-electron chi connectivity index (χ4n) is 4.38. The zero-order chi connectivity index (χ0) is 23.7. The van der Waals surface area contributed by atoms with Crippen molar-refractivity contribution in [3.8, 4) is 11.1 Å². The Balaban J connectivity index is 1.68. The number of pyridine rings is 1. The molecule has 8 heteroatoms. The Morgan fingerprint density at radius 2 is 1.97 bits per heavy atom. The summed E-state index contributed by atoms with van der Waals surface area (Å²) in [6.07, 6.45) is 6.78. The number of nitrogens with zero attached hydrogens (tertiary/aromatic N) is 2. The number of carbonyl (C=O) groups excluding carboxylic acids is 2. The normalized spacial score (nSPS) is 14.9. The molecule has 1 aliphatic rings. The van der Waals surface area contributed by atoms with Crippen LogP contribution in [0.2, 0.25) is 5.02 Å². The molecule has 3 N–H and O–H groups in total. The number of hydrogen-bond acceptors (Lipinski definition) is 3. The number of H-pyrrole nitrogens is 1. The summed E-state index contributed by atoms with van der Waals surface area (Å²) in [4.78, 5) is 42.2. The Hall–Kier alpha value is -3.32. The number of fused-ring (bicyclic) bond motifs is 1. The lowest BCUT2D eigenvalue weighted by atomic mass is 9.95. The van der Waals surface area contributed by atoms with Gasteiger partial charge in [0.1, 0.15) is 5.52 Å². The van der Waals surface area contributed by atoms with E-state index in [1.165, 1.54) is 0 Å². The predicted molar refractivity (Wildman–Crippen MR) is 130 cm³/mol. The zero-order valence-electron chi connectivity index (χ0n) is 18.7. The minimum atomic E-state index is -0.313. The van der Waals surface area contributed by atoms with Crippen molar-refractivity contribution in [1.29, 1.82) is 0 Å². The zero-order valence-corrected chi connectivity index (χ0v) is 19.5. The molecule has 1 aromatic carbocycles. The molecule has 0 atom stereocenters. The summed E-state index contributed by atoms with van der Waals surface area (Å²) < 4.78 is 1.66. The Morgan fingerprint density at radius 3 is 2.61 bits per heavy atom. The number of halogens is 1. The van der Waals surface area contributed by atoms with Gasteiger partial charge in [0.25, 0.3) is 11.5 Å². The highest BCUT2D eigenvalue weighted by molar-refractivity contribution is 6.34. The van der Waals surface area contributed by atoms with Gasteiger partial charge in [-0.05, 0) is 50.5 Å². The van der Waals surface area contributed by atoms with E-state index < -0.39 is 0 Å². The molecule has 2 amide bonds. The SMILES string of the molecule is CC=CCn1cc(-c2ccc(C(=O)N3CCC(C(N)=O)CC3)c(Cl)c2)c2cc(C)[nH]c2c1=O. The summed E-state index contributed by atoms with van der Waals surface area (Å²) in [5, 5.41) is 1.17. The molecule has 0 radical (unpaired) electrons. The molecule has 2 aromatic heterocycles. The summed E-state index contributed by atoms with van der Waals surface area (Å²) in [6.45, 7) is 5.24. The molecule has 0 unspecified atom stereocenters. The number of rotatable bonds is 5. The molecule has 3 aromatic rings. The van der Waals surface area contributed by atoms with Gasteiger partial charge in [-0.25, -0.2) is 0 Å². The summed E-state index contributed by atoms with van der Waals surface area (Å²) in [6, 6.07) is 7.30. The lowest BCUT2D eigenvalue weighted by Crippen LogP contribution is -2.41. The second-order valence-corrected chi connectivity index (χ2v) is 8.88. The minimum absolute atomic E-state index is 0.0859. The summed E-state index contributed by atoms with van der Waals surface area (Å²) in [5.41, 5.74) is 8.85. The number of carbonyl (C=O) groups is 2. The summed E-state index contributed by atoms with van der Waals surface area (Å²) in [7, 11) is 0. The molecular formula is C25H27ClN4O3. The maximum atomic E-state index is 13.0. The number of amides is 2. The van der Waals surface area contributed by atoms with Crippen LogP contribution in [0.1, 0.15) is 35.8 Å². The van der Waals surface area contributed by atoms with Crippen molar-refractivity contribution in [1.82, 2.24) is 14.5 Å². The fraction of sp³-hybridized carbons (Fsp3) is 0.320. The van der Waals surface area contributed by atoms with Crippen LogP contribution < -0.4 is 11.3 Å². The van der Waals surface area contributed by atoms with E-state index in [0.29, 0.717) is 48.6 Å². The van der Waals surface area contributed by atoms with Gasteiger partial charge >= 0.3 is 0 Å². The lowest BCUT2D eigenvalue weighted by Gasteiger charge is -2.30. The number of primary amides is 1. The van der Waals surface area contributed by atoms with Crippen LogP contribution in [-0.4, -0.2) is 39.4 Å². The van der Waals surface area contributed by atoms with E-state index in [1.807, 2.05) is 44.3 Å². The van der Waals surface area contributed by atoms with E-state index in [-0.39, 0.29) is 23.3 Å². The number of aryl methyl sites for hydroxylation is 1. The van der Waals surface area contributed by atoms with Crippen LogP contribution in [0.4, 0.5) is 0 Å². The van der Waals surface area contributed by atoms with E-state index in [2.05, 4.69) is 4.98 Å². The van der Waals surface area contributed by atoms with Gasteiger partial charge in [0, 0.05) is 48.4 Å². The van der Waals surface area contributed by atoms with Gasteiger partial charge in [-0.15, -0.1) is 0 Å². The summed E-state index contributed by atoms with van der Waals surface area (Å²) >= 11 is 6.57. The molecule has 3 heterocycles. The molecule has 0 saturated carbocycles. The van der Waals surface area contributed by atoms with E-state index in [1.54, 1.807) is 21.6 Å². The van der Waals surface area contributed by atoms with Gasteiger partial charge in [-0.3, -0.25) is 14.4 Å². The summed E-state index contributed by atoms with van der Waals surface area (Å²) in [5.74, 6) is -0.654. The molecule has 1 aliphatic heterocycles. The van der Waals surface area contributed by atoms with Crippen molar-refractivity contribution in [2.45, 2.75) is 33.2 Å². The monoisotopic (exact) mass is 466 g/mol. The van der Waals surface area contributed by atoms with Crippen LogP contribution in [0.3, 0.4) is 0 Å². The maximum absolute atomic E-state index is 13.0. The highest BCUT2D eigenvalue weighted by Crippen LogP contribution is 2.32. The third kappa shape index (κ3) is 4.46. The predicted octanol–water partition coefficient (Wildman–Crippen LogP) is 3.87. The number of likely N-dealkylation sites (tertiary alicyclic amines) is 1. The highest BCUT2D eigenvalue weighted by Gasteiger charge is 2.27. The standard InChI is InChI=1S/C25H27ClN4O3/c1-3-4-9-30-14-20(19-12-15(2)28-22(19)25(30)33)17-5-6-18(21(26)13-17)24(32)29-10-7-16(8-11-29)23(27)31/h3-6,12-14,16,28H,7-11H2,1-2H3,(H2,27,31). The number of nitrogens with two attached hydrogens (primary N) is 1. The van der Waals surface area contributed by atoms with Crippen molar-refractivity contribution in [2.24, 2.45) is 11.7 Å². The molecule has 33 heavy (non-hydrogen) atoms. The third-order valence-corrected chi connectivity index (χ3v) is 6.55. The van der Waals surface area contributed by atoms with Crippen molar-refractivity contribution in [3.63, 3.8) is 0 Å². The highest BCUT2D eigenvalue weighted by atomic mass is 35.5. The largest absolute Gasteiger partial charge is 0.369 e. The second-order valence-electron chi connectivity index (χ2n) is 8.47. The van der Waals surface area contributed by atoms with Gasteiger partial charge in [-0.2, -0.15) is 0 Å². The van der Waals surface area contributed by atoms with Gasteiger partial charge < -0.3 is 20.2 Å². The van der Waals surface area contributed by atoms with Crippen molar-refractivity contribution in [3.05, 3.63) is 69.2 Å². The number of hydrogen-bond donors (Lipinski definition) is 2. The molecule has 0 aliphatic carbocycles. The van der Waals surface area contributed by atoms with Crippen LogP contribution >= 0.6 is 11.6 Å². The molecular weight excluding hydrogens is 440 g/mol. The Morgan fingerprint density at radius 1 is 1.24 bits per heavy atom. The van der Waals surface area contributed by atoms with Crippen LogP contribution in [-0.2, 0) is 11.3 Å². The van der Waals surface area contributed by atoms with Crippen molar-refractivity contribution >= 4 is 34.3 Å².